The van der Waals surface area contributed by atoms with Crippen molar-refractivity contribution in [3.05, 3.63) is 65.3 Å². The normalized spacial score (nSPS) is 13.5. The third-order valence-electron chi connectivity index (χ3n) is 5.32. The molecule has 1 aromatic heterocycles. The lowest BCUT2D eigenvalue weighted by Gasteiger charge is -2.23. The van der Waals surface area contributed by atoms with Gasteiger partial charge in [-0.2, -0.15) is 0 Å². The number of halogens is 1. The van der Waals surface area contributed by atoms with E-state index < -0.39 is 33.3 Å². The minimum Gasteiger partial charge on any atom is -0.419 e. The molecule has 0 bridgehead atoms. The zero-order chi connectivity index (χ0) is 25.2. The SMILES string of the molecule is CC(NC(=O)c1cc(-c2nnc([C@H](C)N)o2)cc(N(C)S(=O)(=O)C(C)C)c1)c1ccc(F)cc1. The number of aromatic nitrogens is 2. The van der Waals surface area contributed by atoms with E-state index in [1.165, 1.54) is 31.3 Å². The van der Waals surface area contributed by atoms with Crippen LogP contribution in [0.4, 0.5) is 10.1 Å². The molecule has 3 N–H and O–H groups in total. The van der Waals surface area contributed by atoms with Gasteiger partial charge in [0.1, 0.15) is 5.82 Å². The monoisotopic (exact) mass is 489 g/mol. The van der Waals surface area contributed by atoms with Gasteiger partial charge in [0, 0.05) is 18.2 Å². The molecule has 0 spiro atoms. The van der Waals surface area contributed by atoms with Crippen LogP contribution in [0.1, 0.15) is 61.6 Å². The summed E-state index contributed by atoms with van der Waals surface area (Å²) in [5.74, 6) is -0.522. The molecule has 34 heavy (non-hydrogen) atoms. The summed E-state index contributed by atoms with van der Waals surface area (Å²) < 4.78 is 45.5. The molecule has 0 fully saturated rings. The van der Waals surface area contributed by atoms with Crippen LogP contribution in [0.3, 0.4) is 0 Å². The standard InChI is InChI=1S/C23H28FN5O4S/c1-13(2)34(31,32)29(5)20-11-17(10-18(12-20)23-28-27-22(33-23)14(3)25)21(30)26-15(4)16-6-8-19(24)9-7-16/h6-15H,25H2,1-5H3,(H,26,30)/t14-,15?/m0/s1. The number of nitrogens with one attached hydrogen (secondary N) is 1. The summed E-state index contributed by atoms with van der Waals surface area (Å²) >= 11 is 0. The Bertz CT molecular complexity index is 1270. The van der Waals surface area contributed by atoms with E-state index >= 15 is 0 Å². The largest absolute Gasteiger partial charge is 0.419 e. The number of hydrogen-bond acceptors (Lipinski definition) is 7. The number of amides is 1. The molecule has 1 unspecified atom stereocenters. The number of benzene rings is 2. The van der Waals surface area contributed by atoms with E-state index in [9.17, 15) is 17.6 Å². The van der Waals surface area contributed by atoms with Crippen LogP contribution in [0, 0.1) is 5.82 Å². The third-order valence-corrected chi connectivity index (χ3v) is 7.48. The van der Waals surface area contributed by atoms with Crippen molar-refractivity contribution in [1.82, 2.24) is 15.5 Å². The van der Waals surface area contributed by atoms with E-state index in [0.29, 0.717) is 11.1 Å². The maximum atomic E-state index is 13.2. The molecular weight excluding hydrogens is 461 g/mol. The van der Waals surface area contributed by atoms with Gasteiger partial charge < -0.3 is 15.5 Å². The first kappa shape index (κ1) is 25.3. The van der Waals surface area contributed by atoms with Gasteiger partial charge in [-0.05, 0) is 63.6 Å². The molecule has 0 saturated heterocycles. The number of carbonyl (C=O) groups excluding carboxylic acids is 1. The number of rotatable bonds is 8. The first-order valence-corrected chi connectivity index (χ1v) is 12.2. The number of sulfonamides is 1. The molecule has 2 atom stereocenters. The summed E-state index contributed by atoms with van der Waals surface area (Å²) in [6.45, 7) is 6.59. The van der Waals surface area contributed by atoms with E-state index in [-0.39, 0.29) is 28.8 Å². The Balaban J connectivity index is 2.02. The van der Waals surface area contributed by atoms with Crippen molar-refractivity contribution in [1.29, 1.82) is 0 Å². The average molecular weight is 490 g/mol. The Labute approximate surface area is 198 Å². The topological polar surface area (TPSA) is 131 Å². The molecule has 182 valence electrons. The quantitative estimate of drug-likeness (QED) is 0.494. The van der Waals surface area contributed by atoms with E-state index in [1.54, 1.807) is 45.9 Å². The summed E-state index contributed by atoms with van der Waals surface area (Å²) in [4.78, 5) is 13.1. The Morgan fingerprint density at radius 2 is 1.74 bits per heavy atom. The van der Waals surface area contributed by atoms with Gasteiger partial charge in [-0.3, -0.25) is 9.10 Å². The molecule has 0 saturated carbocycles. The highest BCUT2D eigenvalue weighted by Crippen LogP contribution is 2.29. The zero-order valence-corrected chi connectivity index (χ0v) is 20.4. The van der Waals surface area contributed by atoms with Crippen molar-refractivity contribution in [2.75, 3.05) is 11.4 Å². The second-order valence-corrected chi connectivity index (χ2v) is 10.8. The van der Waals surface area contributed by atoms with Gasteiger partial charge in [0.25, 0.3) is 5.91 Å². The van der Waals surface area contributed by atoms with Gasteiger partial charge in [-0.15, -0.1) is 10.2 Å². The Hall–Kier alpha value is -3.31. The van der Waals surface area contributed by atoms with Gasteiger partial charge in [0.05, 0.1) is 23.0 Å². The van der Waals surface area contributed by atoms with Crippen LogP contribution in [-0.2, 0) is 10.0 Å². The number of hydrogen-bond donors (Lipinski definition) is 2. The molecule has 11 heteroatoms. The molecular formula is C23H28FN5O4S. The third kappa shape index (κ3) is 5.42. The van der Waals surface area contributed by atoms with Crippen molar-refractivity contribution in [2.45, 2.75) is 45.0 Å². The summed E-state index contributed by atoms with van der Waals surface area (Å²) in [5, 5.41) is 10.1. The van der Waals surface area contributed by atoms with Crippen molar-refractivity contribution in [3.63, 3.8) is 0 Å². The predicted molar refractivity (Wildman–Crippen MR) is 127 cm³/mol. The Morgan fingerprint density at radius 1 is 1.09 bits per heavy atom. The molecule has 0 aliphatic rings. The summed E-state index contributed by atoms with van der Waals surface area (Å²) in [7, 11) is -2.26. The Morgan fingerprint density at radius 3 is 2.29 bits per heavy atom. The fourth-order valence-electron chi connectivity index (χ4n) is 3.16. The molecule has 3 aromatic rings. The number of carbonyl (C=O) groups is 1. The molecule has 0 radical (unpaired) electrons. The van der Waals surface area contributed by atoms with Crippen LogP contribution in [-0.4, -0.2) is 36.8 Å². The highest BCUT2D eigenvalue weighted by atomic mass is 32.2. The van der Waals surface area contributed by atoms with E-state index in [1.807, 2.05) is 0 Å². The second kappa shape index (κ2) is 9.90. The highest BCUT2D eigenvalue weighted by Gasteiger charge is 2.25. The van der Waals surface area contributed by atoms with Gasteiger partial charge in [0.15, 0.2) is 0 Å². The second-order valence-electron chi connectivity index (χ2n) is 8.31. The van der Waals surface area contributed by atoms with Crippen LogP contribution in [0.25, 0.3) is 11.5 Å². The predicted octanol–water partition coefficient (Wildman–Crippen LogP) is 3.56. The molecule has 0 aliphatic heterocycles. The number of anilines is 1. The zero-order valence-electron chi connectivity index (χ0n) is 19.6. The van der Waals surface area contributed by atoms with Crippen molar-refractivity contribution >= 4 is 21.6 Å². The van der Waals surface area contributed by atoms with Crippen LogP contribution >= 0.6 is 0 Å². The molecule has 9 nitrogen and oxygen atoms in total. The maximum absolute atomic E-state index is 13.2. The molecule has 3 rings (SSSR count). The fraction of sp³-hybridized carbons (Fsp3) is 0.348. The lowest BCUT2D eigenvalue weighted by Crippen LogP contribution is -2.33. The van der Waals surface area contributed by atoms with Crippen molar-refractivity contribution in [3.8, 4) is 11.5 Å². The van der Waals surface area contributed by atoms with Gasteiger partial charge >= 0.3 is 0 Å². The number of nitrogens with two attached hydrogens (primary N) is 1. The lowest BCUT2D eigenvalue weighted by atomic mass is 10.1. The van der Waals surface area contributed by atoms with E-state index in [2.05, 4.69) is 15.5 Å². The maximum Gasteiger partial charge on any atom is 0.251 e. The molecule has 2 aromatic carbocycles. The molecule has 1 amide bonds. The minimum atomic E-state index is -3.67. The molecule has 1 heterocycles. The van der Waals surface area contributed by atoms with Crippen LogP contribution in [0.5, 0.6) is 0 Å². The number of nitrogens with zero attached hydrogens (tertiary/aromatic N) is 3. The van der Waals surface area contributed by atoms with Crippen molar-refractivity contribution < 1.29 is 22.0 Å². The van der Waals surface area contributed by atoms with E-state index in [4.69, 9.17) is 10.2 Å². The van der Waals surface area contributed by atoms with Gasteiger partial charge in [-0.1, -0.05) is 12.1 Å². The fourth-order valence-corrected chi connectivity index (χ4v) is 4.19. The van der Waals surface area contributed by atoms with Crippen LogP contribution in [0.2, 0.25) is 0 Å². The lowest BCUT2D eigenvalue weighted by molar-refractivity contribution is 0.0940. The average Bonchev–Trinajstić information content (AvgIpc) is 3.29. The summed E-state index contributed by atoms with van der Waals surface area (Å²) in [6.07, 6.45) is 0. The summed E-state index contributed by atoms with van der Waals surface area (Å²) in [6, 6.07) is 9.43. The molecule has 0 aliphatic carbocycles. The van der Waals surface area contributed by atoms with Crippen LogP contribution in [0.15, 0.2) is 46.9 Å². The summed E-state index contributed by atoms with van der Waals surface area (Å²) in [5.41, 5.74) is 7.32. The smallest absolute Gasteiger partial charge is 0.251 e. The minimum absolute atomic E-state index is 0.102. The first-order valence-electron chi connectivity index (χ1n) is 10.7. The van der Waals surface area contributed by atoms with E-state index in [0.717, 1.165) is 4.31 Å². The highest BCUT2D eigenvalue weighted by molar-refractivity contribution is 7.93. The van der Waals surface area contributed by atoms with Crippen molar-refractivity contribution in [2.24, 2.45) is 5.73 Å². The Kier molecular flexibility index (Phi) is 7.37. The van der Waals surface area contributed by atoms with Gasteiger partial charge in [-0.25, -0.2) is 12.8 Å². The van der Waals surface area contributed by atoms with Gasteiger partial charge in [0.2, 0.25) is 21.8 Å². The first-order chi connectivity index (χ1) is 15.9. The van der Waals surface area contributed by atoms with Crippen LogP contribution < -0.4 is 15.4 Å².